The summed E-state index contributed by atoms with van der Waals surface area (Å²) in [5, 5.41) is 2.83. The molecule has 5 heteroatoms. The molecule has 98 valence electrons. The number of aromatic nitrogens is 1. The van der Waals surface area contributed by atoms with E-state index in [1.807, 2.05) is 12.1 Å². The van der Waals surface area contributed by atoms with E-state index >= 15 is 0 Å². The van der Waals surface area contributed by atoms with Crippen LogP contribution in [0, 0.1) is 0 Å². The Morgan fingerprint density at radius 1 is 1.26 bits per heavy atom. The number of pyridine rings is 1. The standard InChI is InChI=1S/C14H14BrN3O/c15-12-9-17-8-6-13(12)18-14(19)11-3-1-10(2-4-11)5-7-16/h1-4,6,8-9H,5,7,16H2,(H,17,18,19). The van der Waals surface area contributed by atoms with Gasteiger partial charge in [-0.05, 0) is 52.7 Å². The fourth-order valence-corrected chi connectivity index (χ4v) is 2.01. The van der Waals surface area contributed by atoms with Crippen molar-refractivity contribution in [3.63, 3.8) is 0 Å². The summed E-state index contributed by atoms with van der Waals surface area (Å²) >= 11 is 3.34. The normalized spacial score (nSPS) is 10.2. The van der Waals surface area contributed by atoms with Crippen molar-refractivity contribution in [2.45, 2.75) is 6.42 Å². The number of anilines is 1. The number of hydrogen-bond acceptors (Lipinski definition) is 3. The van der Waals surface area contributed by atoms with Gasteiger partial charge in [-0.3, -0.25) is 9.78 Å². The first-order chi connectivity index (χ1) is 9.20. The van der Waals surface area contributed by atoms with E-state index in [1.54, 1.807) is 30.6 Å². The van der Waals surface area contributed by atoms with E-state index < -0.39 is 0 Å². The average Bonchev–Trinajstić information content (AvgIpc) is 2.42. The second-order valence-electron chi connectivity index (χ2n) is 4.05. The summed E-state index contributed by atoms with van der Waals surface area (Å²) < 4.78 is 0.753. The van der Waals surface area contributed by atoms with E-state index in [0.29, 0.717) is 17.8 Å². The smallest absolute Gasteiger partial charge is 0.255 e. The van der Waals surface area contributed by atoms with Gasteiger partial charge in [0, 0.05) is 18.0 Å². The number of carbonyl (C=O) groups is 1. The van der Waals surface area contributed by atoms with Crippen molar-refractivity contribution in [3.05, 3.63) is 58.3 Å². The van der Waals surface area contributed by atoms with Gasteiger partial charge in [0.2, 0.25) is 0 Å². The van der Waals surface area contributed by atoms with Crippen molar-refractivity contribution in [3.8, 4) is 0 Å². The predicted molar refractivity (Wildman–Crippen MR) is 79.1 cm³/mol. The van der Waals surface area contributed by atoms with E-state index in [9.17, 15) is 4.79 Å². The third-order valence-electron chi connectivity index (χ3n) is 2.67. The van der Waals surface area contributed by atoms with E-state index in [0.717, 1.165) is 16.5 Å². The molecule has 4 nitrogen and oxygen atoms in total. The molecular formula is C14H14BrN3O. The number of halogens is 1. The Hall–Kier alpha value is -1.72. The van der Waals surface area contributed by atoms with Gasteiger partial charge < -0.3 is 11.1 Å². The molecule has 0 aliphatic heterocycles. The van der Waals surface area contributed by atoms with Crippen LogP contribution in [0.2, 0.25) is 0 Å². The van der Waals surface area contributed by atoms with E-state index in [4.69, 9.17) is 5.73 Å². The van der Waals surface area contributed by atoms with Crippen LogP contribution in [0.25, 0.3) is 0 Å². The molecule has 3 N–H and O–H groups in total. The first kappa shape index (κ1) is 13.7. The number of benzene rings is 1. The van der Waals surface area contributed by atoms with Crippen LogP contribution < -0.4 is 11.1 Å². The zero-order valence-corrected chi connectivity index (χ0v) is 11.9. The van der Waals surface area contributed by atoms with Crippen LogP contribution in [0.5, 0.6) is 0 Å². The van der Waals surface area contributed by atoms with Crippen molar-refractivity contribution in [2.24, 2.45) is 5.73 Å². The van der Waals surface area contributed by atoms with E-state index in [2.05, 4.69) is 26.2 Å². The molecule has 0 aliphatic carbocycles. The van der Waals surface area contributed by atoms with Gasteiger partial charge in [0.1, 0.15) is 0 Å². The van der Waals surface area contributed by atoms with Crippen molar-refractivity contribution >= 4 is 27.5 Å². The Morgan fingerprint density at radius 3 is 2.63 bits per heavy atom. The lowest BCUT2D eigenvalue weighted by atomic mass is 10.1. The van der Waals surface area contributed by atoms with Gasteiger partial charge >= 0.3 is 0 Å². The van der Waals surface area contributed by atoms with Gasteiger partial charge in [0.15, 0.2) is 0 Å². The maximum atomic E-state index is 12.1. The third kappa shape index (κ3) is 3.62. The summed E-state index contributed by atoms with van der Waals surface area (Å²) in [5.74, 6) is -0.147. The molecule has 1 amide bonds. The lowest BCUT2D eigenvalue weighted by Crippen LogP contribution is -2.12. The van der Waals surface area contributed by atoms with Crippen LogP contribution in [0.4, 0.5) is 5.69 Å². The fourth-order valence-electron chi connectivity index (χ4n) is 1.66. The zero-order valence-electron chi connectivity index (χ0n) is 10.3. The quantitative estimate of drug-likeness (QED) is 0.910. The Kier molecular flexibility index (Phi) is 4.65. The summed E-state index contributed by atoms with van der Waals surface area (Å²) in [6.45, 7) is 0.607. The van der Waals surface area contributed by atoms with Crippen LogP contribution in [0.3, 0.4) is 0 Å². The Labute approximate surface area is 120 Å². The Bertz CT molecular complexity index is 569. The summed E-state index contributed by atoms with van der Waals surface area (Å²) in [6, 6.07) is 9.18. The third-order valence-corrected chi connectivity index (χ3v) is 3.30. The molecule has 0 saturated carbocycles. The fraction of sp³-hybridized carbons (Fsp3) is 0.143. The SMILES string of the molecule is NCCc1ccc(C(=O)Nc2ccncc2Br)cc1. The average molecular weight is 320 g/mol. The maximum Gasteiger partial charge on any atom is 0.255 e. The zero-order chi connectivity index (χ0) is 13.7. The Morgan fingerprint density at radius 2 is 2.00 bits per heavy atom. The molecule has 1 aromatic heterocycles. The van der Waals surface area contributed by atoms with Crippen molar-refractivity contribution in [1.29, 1.82) is 0 Å². The number of nitrogens with zero attached hydrogens (tertiary/aromatic N) is 1. The molecule has 1 aromatic carbocycles. The molecule has 0 fully saturated rings. The van der Waals surface area contributed by atoms with Gasteiger partial charge in [-0.1, -0.05) is 12.1 Å². The predicted octanol–water partition coefficient (Wildman–Crippen LogP) is 2.60. The number of amides is 1. The molecule has 2 aromatic rings. The highest BCUT2D eigenvalue weighted by Gasteiger charge is 2.07. The van der Waals surface area contributed by atoms with Gasteiger partial charge in [-0.25, -0.2) is 0 Å². The number of nitrogens with one attached hydrogen (secondary N) is 1. The topological polar surface area (TPSA) is 68.0 Å². The van der Waals surface area contributed by atoms with E-state index in [-0.39, 0.29) is 5.91 Å². The lowest BCUT2D eigenvalue weighted by molar-refractivity contribution is 0.102. The first-order valence-electron chi connectivity index (χ1n) is 5.90. The van der Waals surface area contributed by atoms with Crippen molar-refractivity contribution in [2.75, 3.05) is 11.9 Å². The number of rotatable bonds is 4. The molecule has 2 rings (SSSR count). The molecule has 0 aliphatic rings. The second kappa shape index (κ2) is 6.45. The summed E-state index contributed by atoms with van der Waals surface area (Å²) in [6.07, 6.45) is 4.09. The molecule has 0 atom stereocenters. The number of carbonyl (C=O) groups excluding carboxylic acids is 1. The van der Waals surface area contributed by atoms with Crippen molar-refractivity contribution < 1.29 is 4.79 Å². The molecule has 1 heterocycles. The molecule has 19 heavy (non-hydrogen) atoms. The van der Waals surface area contributed by atoms with Gasteiger partial charge in [0.25, 0.3) is 5.91 Å². The van der Waals surface area contributed by atoms with Crippen LogP contribution >= 0.6 is 15.9 Å². The summed E-state index contributed by atoms with van der Waals surface area (Å²) in [5.41, 5.74) is 7.93. The Balaban J connectivity index is 2.10. The summed E-state index contributed by atoms with van der Waals surface area (Å²) in [4.78, 5) is 16.0. The first-order valence-corrected chi connectivity index (χ1v) is 6.70. The van der Waals surface area contributed by atoms with Crippen LogP contribution in [0.15, 0.2) is 47.2 Å². The second-order valence-corrected chi connectivity index (χ2v) is 4.90. The highest BCUT2D eigenvalue weighted by molar-refractivity contribution is 9.10. The van der Waals surface area contributed by atoms with Gasteiger partial charge in [-0.2, -0.15) is 0 Å². The van der Waals surface area contributed by atoms with Crippen LogP contribution in [0.1, 0.15) is 15.9 Å². The summed E-state index contributed by atoms with van der Waals surface area (Å²) in [7, 11) is 0. The lowest BCUT2D eigenvalue weighted by Gasteiger charge is -2.07. The highest BCUT2D eigenvalue weighted by Crippen LogP contribution is 2.20. The monoisotopic (exact) mass is 319 g/mol. The minimum absolute atomic E-state index is 0.147. The number of hydrogen-bond donors (Lipinski definition) is 2. The van der Waals surface area contributed by atoms with E-state index in [1.165, 1.54) is 0 Å². The minimum atomic E-state index is -0.147. The molecular weight excluding hydrogens is 306 g/mol. The largest absolute Gasteiger partial charge is 0.330 e. The molecule has 0 bridgehead atoms. The maximum absolute atomic E-state index is 12.1. The molecule has 0 radical (unpaired) electrons. The van der Waals surface area contributed by atoms with Crippen LogP contribution in [-0.2, 0) is 6.42 Å². The van der Waals surface area contributed by atoms with Crippen molar-refractivity contribution in [1.82, 2.24) is 4.98 Å². The minimum Gasteiger partial charge on any atom is -0.330 e. The molecule has 0 saturated heterocycles. The van der Waals surface area contributed by atoms with Gasteiger partial charge in [-0.15, -0.1) is 0 Å². The van der Waals surface area contributed by atoms with Crippen LogP contribution in [-0.4, -0.2) is 17.4 Å². The molecule has 0 spiro atoms. The molecule has 0 unspecified atom stereocenters. The highest BCUT2D eigenvalue weighted by atomic mass is 79.9. The number of nitrogens with two attached hydrogens (primary N) is 1. The van der Waals surface area contributed by atoms with Gasteiger partial charge in [0.05, 0.1) is 10.2 Å².